The number of carbonyl (C=O) groups is 1. The van der Waals surface area contributed by atoms with E-state index in [0.717, 1.165) is 16.9 Å². The molecule has 18 heavy (non-hydrogen) atoms. The number of benzene rings is 1. The van der Waals surface area contributed by atoms with E-state index in [1.807, 2.05) is 32.9 Å². The van der Waals surface area contributed by atoms with E-state index < -0.39 is 0 Å². The average Bonchev–Trinajstić information content (AvgIpc) is 2.25. The van der Waals surface area contributed by atoms with Gasteiger partial charge >= 0.3 is 0 Å². The molecule has 1 rings (SSSR count). The van der Waals surface area contributed by atoms with Gasteiger partial charge in [-0.2, -0.15) is 0 Å². The first-order valence-corrected chi connectivity index (χ1v) is 6.39. The molecule has 0 fully saturated rings. The molecule has 0 spiro atoms. The molecule has 1 N–H and O–H groups in total. The third-order valence-electron chi connectivity index (χ3n) is 2.95. The van der Waals surface area contributed by atoms with E-state index in [9.17, 15) is 4.79 Å². The fraction of sp³-hybridized carbons (Fsp3) is 0.533. The van der Waals surface area contributed by atoms with Crippen LogP contribution in [0.15, 0.2) is 18.2 Å². The summed E-state index contributed by atoms with van der Waals surface area (Å²) in [5, 5.41) is 2.91. The largest absolute Gasteiger partial charge is 0.484 e. The molecule has 0 saturated heterocycles. The molecule has 0 radical (unpaired) electrons. The van der Waals surface area contributed by atoms with Crippen molar-refractivity contribution in [3.8, 4) is 5.75 Å². The molecule has 3 heteroatoms. The van der Waals surface area contributed by atoms with Crippen LogP contribution >= 0.6 is 0 Å². The van der Waals surface area contributed by atoms with Crippen molar-refractivity contribution >= 4 is 5.91 Å². The van der Waals surface area contributed by atoms with Crippen LogP contribution in [0.1, 0.15) is 31.9 Å². The highest BCUT2D eigenvalue weighted by Gasteiger charge is 2.11. The molecular formula is C15H23NO2. The minimum absolute atomic E-state index is 0.0694. The zero-order chi connectivity index (χ0) is 13.7. The second-order valence-corrected chi connectivity index (χ2v) is 5.21. The SMILES string of the molecule is Cc1cc(C)cc(OCC(=O)N[C@@H](C)C(C)C)c1. The molecule has 100 valence electrons. The summed E-state index contributed by atoms with van der Waals surface area (Å²) in [5.41, 5.74) is 2.28. The number of hydrogen-bond donors (Lipinski definition) is 1. The fourth-order valence-electron chi connectivity index (χ4n) is 1.63. The molecule has 0 saturated carbocycles. The van der Waals surface area contributed by atoms with Crippen molar-refractivity contribution in [1.29, 1.82) is 0 Å². The van der Waals surface area contributed by atoms with E-state index in [1.165, 1.54) is 0 Å². The number of ether oxygens (including phenoxy) is 1. The van der Waals surface area contributed by atoms with Gasteiger partial charge in [-0.3, -0.25) is 4.79 Å². The Morgan fingerprint density at radius 2 is 1.72 bits per heavy atom. The normalized spacial score (nSPS) is 12.3. The van der Waals surface area contributed by atoms with Gasteiger partial charge in [-0.25, -0.2) is 0 Å². The summed E-state index contributed by atoms with van der Waals surface area (Å²) in [6.45, 7) is 10.3. The molecule has 3 nitrogen and oxygen atoms in total. The lowest BCUT2D eigenvalue weighted by Gasteiger charge is -2.17. The van der Waals surface area contributed by atoms with Crippen molar-refractivity contribution < 1.29 is 9.53 Å². The summed E-state index contributed by atoms with van der Waals surface area (Å²) in [6.07, 6.45) is 0. The minimum atomic E-state index is -0.0737. The Morgan fingerprint density at radius 3 is 2.22 bits per heavy atom. The molecule has 0 bridgehead atoms. The minimum Gasteiger partial charge on any atom is -0.484 e. The summed E-state index contributed by atoms with van der Waals surface area (Å²) in [7, 11) is 0. The van der Waals surface area contributed by atoms with Crippen molar-refractivity contribution in [3.05, 3.63) is 29.3 Å². The lowest BCUT2D eigenvalue weighted by Crippen LogP contribution is -2.38. The molecule has 0 aliphatic rings. The highest BCUT2D eigenvalue weighted by molar-refractivity contribution is 5.77. The maximum absolute atomic E-state index is 11.7. The first-order valence-electron chi connectivity index (χ1n) is 6.39. The van der Waals surface area contributed by atoms with Gasteiger partial charge in [0.25, 0.3) is 5.91 Å². The molecule has 1 amide bonds. The predicted molar refractivity (Wildman–Crippen MR) is 73.9 cm³/mol. The number of amides is 1. The van der Waals surface area contributed by atoms with Crippen LogP contribution < -0.4 is 10.1 Å². The number of rotatable bonds is 5. The Balaban J connectivity index is 2.47. The van der Waals surface area contributed by atoms with Crippen LogP contribution in [0, 0.1) is 19.8 Å². The third-order valence-corrected chi connectivity index (χ3v) is 2.95. The van der Waals surface area contributed by atoms with Crippen molar-refractivity contribution in [2.75, 3.05) is 6.61 Å². The van der Waals surface area contributed by atoms with Gasteiger partial charge in [0.2, 0.25) is 0 Å². The van der Waals surface area contributed by atoms with Gasteiger partial charge in [-0.05, 0) is 49.9 Å². The first kappa shape index (κ1) is 14.6. The second-order valence-electron chi connectivity index (χ2n) is 5.21. The van der Waals surface area contributed by atoms with Crippen LogP contribution in [0.2, 0.25) is 0 Å². The predicted octanol–water partition coefficient (Wildman–Crippen LogP) is 2.84. The molecule has 0 aliphatic carbocycles. The van der Waals surface area contributed by atoms with E-state index >= 15 is 0 Å². The Kier molecular flexibility index (Phi) is 5.20. The van der Waals surface area contributed by atoms with Gasteiger partial charge < -0.3 is 10.1 Å². The Hall–Kier alpha value is -1.51. The molecule has 0 aromatic heterocycles. The lowest BCUT2D eigenvalue weighted by molar-refractivity contribution is -0.124. The summed E-state index contributed by atoms with van der Waals surface area (Å²) < 4.78 is 5.50. The Labute approximate surface area is 110 Å². The van der Waals surface area contributed by atoms with Gasteiger partial charge in [0.15, 0.2) is 6.61 Å². The molecule has 1 aromatic carbocycles. The van der Waals surface area contributed by atoms with E-state index in [4.69, 9.17) is 4.74 Å². The maximum Gasteiger partial charge on any atom is 0.258 e. The highest BCUT2D eigenvalue weighted by Crippen LogP contribution is 2.15. The zero-order valence-electron chi connectivity index (χ0n) is 11.9. The number of hydrogen-bond acceptors (Lipinski definition) is 2. The van der Waals surface area contributed by atoms with Gasteiger partial charge in [0, 0.05) is 6.04 Å². The Morgan fingerprint density at radius 1 is 1.17 bits per heavy atom. The molecule has 1 atom stereocenters. The average molecular weight is 249 g/mol. The summed E-state index contributed by atoms with van der Waals surface area (Å²) in [5.74, 6) is 1.10. The fourth-order valence-corrected chi connectivity index (χ4v) is 1.63. The Bertz CT molecular complexity index is 393. The summed E-state index contributed by atoms with van der Waals surface area (Å²) in [6, 6.07) is 6.12. The topological polar surface area (TPSA) is 38.3 Å². The lowest BCUT2D eigenvalue weighted by atomic mass is 10.1. The second kappa shape index (κ2) is 6.43. The van der Waals surface area contributed by atoms with Crippen LogP contribution in [0.25, 0.3) is 0 Å². The van der Waals surface area contributed by atoms with Crippen LogP contribution in [-0.2, 0) is 4.79 Å². The highest BCUT2D eigenvalue weighted by atomic mass is 16.5. The first-order chi connectivity index (χ1) is 8.38. The number of nitrogens with one attached hydrogen (secondary N) is 1. The van der Waals surface area contributed by atoms with Crippen LogP contribution in [-0.4, -0.2) is 18.6 Å². The van der Waals surface area contributed by atoms with Crippen molar-refractivity contribution in [2.45, 2.75) is 40.7 Å². The quantitative estimate of drug-likeness (QED) is 0.871. The molecule has 1 aromatic rings. The van der Waals surface area contributed by atoms with Crippen LogP contribution in [0.3, 0.4) is 0 Å². The van der Waals surface area contributed by atoms with E-state index in [1.54, 1.807) is 0 Å². The molecule has 0 aliphatic heterocycles. The van der Waals surface area contributed by atoms with Crippen LogP contribution in [0.5, 0.6) is 5.75 Å². The van der Waals surface area contributed by atoms with Gasteiger partial charge in [0.05, 0.1) is 0 Å². The van der Waals surface area contributed by atoms with E-state index in [0.29, 0.717) is 5.92 Å². The van der Waals surface area contributed by atoms with Crippen molar-refractivity contribution in [3.63, 3.8) is 0 Å². The van der Waals surface area contributed by atoms with E-state index in [2.05, 4.69) is 25.2 Å². The van der Waals surface area contributed by atoms with Crippen molar-refractivity contribution in [2.24, 2.45) is 5.92 Å². The number of aryl methyl sites for hydroxylation is 2. The summed E-state index contributed by atoms with van der Waals surface area (Å²) in [4.78, 5) is 11.7. The molecule has 0 unspecified atom stereocenters. The van der Waals surface area contributed by atoms with E-state index in [-0.39, 0.29) is 18.6 Å². The molecule has 0 heterocycles. The van der Waals surface area contributed by atoms with Gasteiger partial charge in [0.1, 0.15) is 5.75 Å². The maximum atomic E-state index is 11.7. The van der Waals surface area contributed by atoms with Gasteiger partial charge in [-0.15, -0.1) is 0 Å². The van der Waals surface area contributed by atoms with Gasteiger partial charge in [-0.1, -0.05) is 19.9 Å². The monoisotopic (exact) mass is 249 g/mol. The third kappa shape index (κ3) is 4.78. The zero-order valence-corrected chi connectivity index (χ0v) is 11.9. The number of carbonyl (C=O) groups excluding carboxylic acids is 1. The molecular weight excluding hydrogens is 226 g/mol. The standard InChI is InChI=1S/C15H23NO2/c1-10(2)13(5)16-15(17)9-18-14-7-11(3)6-12(4)8-14/h6-8,10,13H,9H2,1-5H3,(H,16,17)/t13-/m0/s1. The summed E-state index contributed by atoms with van der Waals surface area (Å²) >= 11 is 0. The van der Waals surface area contributed by atoms with Crippen LogP contribution in [0.4, 0.5) is 0 Å². The smallest absolute Gasteiger partial charge is 0.258 e. The van der Waals surface area contributed by atoms with Crippen molar-refractivity contribution in [1.82, 2.24) is 5.32 Å².